The summed E-state index contributed by atoms with van der Waals surface area (Å²) in [6.07, 6.45) is 0.279. The highest BCUT2D eigenvalue weighted by atomic mass is 32.1. The molecule has 1 heterocycles. The summed E-state index contributed by atoms with van der Waals surface area (Å²) >= 11 is 5.62. The Hall–Kier alpha value is -2.22. The van der Waals surface area contributed by atoms with E-state index in [0.29, 0.717) is 5.11 Å². The lowest BCUT2D eigenvalue weighted by Crippen LogP contribution is -2.61. The first-order valence-corrected chi connectivity index (χ1v) is 10.2. The molecule has 6 nitrogen and oxygen atoms in total. The van der Waals surface area contributed by atoms with E-state index in [-0.39, 0.29) is 24.4 Å². The van der Waals surface area contributed by atoms with Crippen molar-refractivity contribution >= 4 is 39.7 Å². The van der Waals surface area contributed by atoms with Gasteiger partial charge in [0.25, 0.3) is 0 Å². The van der Waals surface area contributed by atoms with Crippen LogP contribution in [0.1, 0.15) is 19.3 Å². The molecule has 0 aromatic heterocycles. The van der Waals surface area contributed by atoms with Gasteiger partial charge in [0.05, 0.1) is 29.8 Å². The Morgan fingerprint density at radius 3 is 2.68 bits per heavy atom. The third-order valence-electron chi connectivity index (χ3n) is 6.13. The fourth-order valence-corrected chi connectivity index (χ4v) is 4.93. The number of thiocarbonyl (C=S) groups is 1. The minimum Gasteiger partial charge on any atom is -0.390 e. The highest BCUT2D eigenvalue weighted by Gasteiger charge is 2.54. The molecule has 146 valence electrons. The Morgan fingerprint density at radius 1 is 1.14 bits per heavy atom. The normalized spacial score (nSPS) is 32.1. The maximum atomic E-state index is 13.0. The zero-order valence-electron chi connectivity index (χ0n) is 15.3. The zero-order chi connectivity index (χ0) is 19.4. The van der Waals surface area contributed by atoms with Gasteiger partial charge in [0.15, 0.2) is 5.11 Å². The Kier molecular flexibility index (Phi) is 4.26. The number of hydrogen-bond donors (Lipinski definition) is 4. The molecule has 5 unspecified atom stereocenters. The second kappa shape index (κ2) is 6.69. The molecule has 2 aliphatic carbocycles. The van der Waals surface area contributed by atoms with Gasteiger partial charge < -0.3 is 25.7 Å². The number of aliphatic hydroxyl groups excluding tert-OH is 2. The Labute approximate surface area is 168 Å². The average Bonchev–Trinajstić information content (AvgIpc) is 3.44. The third kappa shape index (κ3) is 2.85. The van der Waals surface area contributed by atoms with E-state index < -0.39 is 24.2 Å². The van der Waals surface area contributed by atoms with Crippen molar-refractivity contribution in [3.05, 3.63) is 42.5 Å². The summed E-state index contributed by atoms with van der Waals surface area (Å²) < 4.78 is 0. The molecular formula is C21H23N3O3S. The van der Waals surface area contributed by atoms with Crippen LogP contribution in [0.25, 0.3) is 10.8 Å². The molecule has 2 aromatic carbocycles. The molecule has 0 bridgehead atoms. The summed E-state index contributed by atoms with van der Waals surface area (Å²) in [5.74, 6) is -0.531. The van der Waals surface area contributed by atoms with Gasteiger partial charge in [0.2, 0.25) is 5.91 Å². The standard InChI is InChI=1S/C21H23N3O3S/c25-16-10-14(20(27)22-12-8-9-12)18-17(19(16)26)23-21(28)24(18)15-7-3-5-11-4-1-2-6-13(11)15/h1-7,12,14,16-19,25-26H,8-10H2,(H,22,27)(H,23,28). The summed E-state index contributed by atoms with van der Waals surface area (Å²) in [6.45, 7) is 0. The lowest BCUT2D eigenvalue weighted by atomic mass is 9.77. The van der Waals surface area contributed by atoms with Crippen molar-refractivity contribution in [2.75, 3.05) is 4.90 Å². The summed E-state index contributed by atoms with van der Waals surface area (Å²) in [6, 6.07) is 13.4. The maximum absolute atomic E-state index is 13.0. The molecule has 3 aliphatic rings. The molecule has 5 rings (SSSR count). The molecule has 0 spiro atoms. The minimum absolute atomic E-state index is 0.0693. The van der Waals surface area contributed by atoms with Crippen LogP contribution in [0.15, 0.2) is 42.5 Å². The number of carbonyl (C=O) groups is 1. The number of amides is 1. The van der Waals surface area contributed by atoms with E-state index in [9.17, 15) is 15.0 Å². The van der Waals surface area contributed by atoms with Crippen LogP contribution < -0.4 is 15.5 Å². The number of fused-ring (bicyclic) bond motifs is 2. The SMILES string of the molecule is O=C(NC1CC1)C1CC(O)C(O)C2NC(=S)N(c3cccc4ccccc34)C12. The fraction of sp³-hybridized carbons (Fsp3) is 0.429. The predicted molar refractivity (Wildman–Crippen MR) is 111 cm³/mol. The molecule has 28 heavy (non-hydrogen) atoms. The summed E-state index contributed by atoms with van der Waals surface area (Å²) in [5, 5.41) is 29.8. The number of hydrogen-bond acceptors (Lipinski definition) is 4. The number of aliphatic hydroxyl groups is 2. The van der Waals surface area contributed by atoms with Gasteiger partial charge in [-0.2, -0.15) is 0 Å². The molecule has 7 heteroatoms. The largest absolute Gasteiger partial charge is 0.390 e. The molecule has 0 radical (unpaired) electrons. The van der Waals surface area contributed by atoms with Gasteiger partial charge in [-0.15, -0.1) is 0 Å². The highest BCUT2D eigenvalue weighted by molar-refractivity contribution is 7.80. The summed E-state index contributed by atoms with van der Waals surface area (Å²) in [4.78, 5) is 15.0. The van der Waals surface area contributed by atoms with E-state index in [1.807, 2.05) is 47.4 Å². The quantitative estimate of drug-likeness (QED) is 0.584. The van der Waals surface area contributed by atoms with Crippen LogP contribution in [0.2, 0.25) is 0 Å². The van der Waals surface area contributed by atoms with Gasteiger partial charge in [-0.25, -0.2) is 0 Å². The van der Waals surface area contributed by atoms with Crippen molar-refractivity contribution in [3.8, 4) is 0 Å². The van der Waals surface area contributed by atoms with E-state index in [0.717, 1.165) is 29.3 Å². The first kappa shape index (κ1) is 17.8. The number of nitrogens with zero attached hydrogens (tertiary/aromatic N) is 1. The molecule has 5 atom stereocenters. The van der Waals surface area contributed by atoms with E-state index >= 15 is 0 Å². The third-order valence-corrected chi connectivity index (χ3v) is 6.45. The number of rotatable bonds is 3. The van der Waals surface area contributed by atoms with E-state index in [4.69, 9.17) is 12.2 Å². The van der Waals surface area contributed by atoms with Gasteiger partial charge in [0, 0.05) is 11.4 Å². The molecule has 1 aliphatic heterocycles. The second-order valence-corrected chi connectivity index (χ2v) is 8.40. The van der Waals surface area contributed by atoms with Gasteiger partial charge in [-0.05, 0) is 42.9 Å². The topological polar surface area (TPSA) is 84.8 Å². The highest BCUT2D eigenvalue weighted by Crippen LogP contribution is 2.39. The van der Waals surface area contributed by atoms with Crippen LogP contribution in [0.3, 0.4) is 0 Å². The van der Waals surface area contributed by atoms with Crippen molar-refractivity contribution in [2.24, 2.45) is 5.92 Å². The van der Waals surface area contributed by atoms with Crippen LogP contribution in [-0.4, -0.2) is 51.6 Å². The van der Waals surface area contributed by atoms with Crippen LogP contribution in [0.4, 0.5) is 5.69 Å². The van der Waals surface area contributed by atoms with Crippen molar-refractivity contribution in [1.82, 2.24) is 10.6 Å². The molecular weight excluding hydrogens is 374 g/mol. The van der Waals surface area contributed by atoms with Gasteiger partial charge in [0.1, 0.15) is 6.10 Å². The van der Waals surface area contributed by atoms with Crippen LogP contribution >= 0.6 is 12.2 Å². The Morgan fingerprint density at radius 2 is 1.89 bits per heavy atom. The van der Waals surface area contributed by atoms with Crippen LogP contribution in [0.5, 0.6) is 0 Å². The van der Waals surface area contributed by atoms with Crippen LogP contribution in [0, 0.1) is 5.92 Å². The number of anilines is 1. The molecule has 2 aromatic rings. The molecule has 2 saturated carbocycles. The second-order valence-electron chi connectivity index (χ2n) is 8.02. The molecule has 1 saturated heterocycles. The Bertz CT molecular complexity index is 942. The predicted octanol–water partition coefficient (Wildman–Crippen LogP) is 1.29. The average molecular weight is 398 g/mol. The van der Waals surface area contributed by atoms with Crippen molar-refractivity contribution in [2.45, 2.75) is 49.6 Å². The lowest BCUT2D eigenvalue weighted by Gasteiger charge is -2.41. The number of nitrogens with one attached hydrogen (secondary N) is 2. The molecule has 1 amide bonds. The number of benzene rings is 2. The maximum Gasteiger partial charge on any atom is 0.225 e. The lowest BCUT2D eigenvalue weighted by molar-refractivity contribution is -0.131. The van der Waals surface area contributed by atoms with Gasteiger partial charge >= 0.3 is 0 Å². The Balaban J connectivity index is 1.58. The first-order chi connectivity index (χ1) is 13.5. The van der Waals surface area contributed by atoms with E-state index in [1.165, 1.54) is 0 Å². The van der Waals surface area contributed by atoms with Crippen LogP contribution in [-0.2, 0) is 4.79 Å². The number of carbonyl (C=O) groups excluding carboxylic acids is 1. The van der Waals surface area contributed by atoms with Gasteiger partial charge in [-0.3, -0.25) is 4.79 Å². The molecule has 4 N–H and O–H groups in total. The summed E-state index contributed by atoms with van der Waals surface area (Å²) in [5.41, 5.74) is 0.913. The monoisotopic (exact) mass is 397 g/mol. The smallest absolute Gasteiger partial charge is 0.225 e. The van der Waals surface area contributed by atoms with Crippen molar-refractivity contribution < 1.29 is 15.0 Å². The minimum atomic E-state index is -0.979. The van der Waals surface area contributed by atoms with Crippen molar-refractivity contribution in [1.29, 1.82) is 0 Å². The van der Waals surface area contributed by atoms with E-state index in [2.05, 4.69) is 10.6 Å². The first-order valence-electron chi connectivity index (χ1n) is 9.78. The molecule has 3 fully saturated rings. The summed E-state index contributed by atoms with van der Waals surface area (Å²) in [7, 11) is 0. The zero-order valence-corrected chi connectivity index (χ0v) is 16.1. The van der Waals surface area contributed by atoms with E-state index in [1.54, 1.807) is 0 Å². The van der Waals surface area contributed by atoms with Gasteiger partial charge in [-0.1, -0.05) is 36.4 Å². The van der Waals surface area contributed by atoms with Crippen molar-refractivity contribution in [3.63, 3.8) is 0 Å². The fourth-order valence-electron chi connectivity index (χ4n) is 4.58.